The number of rotatable bonds is 3. The molecule has 1 aliphatic rings. The molecule has 110 valence electrons. The van der Waals surface area contributed by atoms with Crippen LogP contribution in [0.4, 0.5) is 0 Å². The fourth-order valence-electron chi connectivity index (χ4n) is 2.15. The van der Waals surface area contributed by atoms with Crippen molar-refractivity contribution in [1.29, 1.82) is 5.26 Å². The Bertz CT molecular complexity index is 829. The number of aryl methyl sites for hydroxylation is 1. The Morgan fingerprint density at radius 1 is 1.41 bits per heavy atom. The van der Waals surface area contributed by atoms with E-state index in [4.69, 9.17) is 13.9 Å². The molecule has 1 aromatic carbocycles. The first-order chi connectivity index (χ1) is 10.6. The number of hydrogen-bond donors (Lipinski definition) is 0. The molecule has 0 radical (unpaired) electrons. The molecular weight excluding hydrogens is 350 g/mol. The molecule has 5 nitrogen and oxygen atoms in total. The molecule has 6 heteroatoms. The summed E-state index contributed by atoms with van der Waals surface area (Å²) in [7, 11) is 0. The molecule has 0 saturated heterocycles. The first-order valence-electron chi connectivity index (χ1n) is 6.40. The molecule has 2 heterocycles. The van der Waals surface area contributed by atoms with E-state index < -0.39 is 0 Å². The Morgan fingerprint density at radius 3 is 2.91 bits per heavy atom. The van der Waals surface area contributed by atoms with Crippen molar-refractivity contribution in [1.82, 2.24) is 0 Å². The van der Waals surface area contributed by atoms with E-state index in [1.807, 2.05) is 6.07 Å². The molecule has 22 heavy (non-hydrogen) atoms. The zero-order chi connectivity index (χ0) is 15.7. The standard InChI is InChI=1S/C16H10BrNO4/c1-9-12(2-3-20-9)15(19)11(7-18)4-10-5-13(17)16-14(6-10)21-8-22-16/h2-6H,8H2,1H3/b11-4+. The van der Waals surface area contributed by atoms with Gasteiger partial charge in [0, 0.05) is 0 Å². The van der Waals surface area contributed by atoms with Gasteiger partial charge < -0.3 is 13.9 Å². The number of carbonyl (C=O) groups excluding carboxylic acids is 1. The van der Waals surface area contributed by atoms with E-state index in [0.29, 0.717) is 32.9 Å². The van der Waals surface area contributed by atoms with Crippen molar-refractivity contribution in [2.24, 2.45) is 0 Å². The Labute approximate surface area is 134 Å². The van der Waals surface area contributed by atoms with E-state index in [0.717, 1.165) is 0 Å². The highest BCUT2D eigenvalue weighted by atomic mass is 79.9. The maximum Gasteiger partial charge on any atom is 0.231 e. The lowest BCUT2D eigenvalue weighted by atomic mass is 10.0. The van der Waals surface area contributed by atoms with Gasteiger partial charge in [-0.05, 0) is 52.7 Å². The minimum atomic E-state index is -0.373. The first kappa shape index (κ1) is 14.4. The SMILES string of the molecule is Cc1occc1C(=O)/C(C#N)=C/c1cc(Br)c2c(c1)OCO2. The smallest absolute Gasteiger partial charge is 0.231 e. The largest absolute Gasteiger partial charge is 0.469 e. The predicted molar refractivity (Wildman–Crippen MR) is 81.6 cm³/mol. The van der Waals surface area contributed by atoms with Gasteiger partial charge in [-0.1, -0.05) is 0 Å². The molecule has 1 aromatic heterocycles. The second-order valence-corrected chi connectivity index (χ2v) is 5.48. The number of ether oxygens (including phenoxy) is 2. The number of nitriles is 1. The normalized spacial score (nSPS) is 13.0. The van der Waals surface area contributed by atoms with Crippen LogP contribution in [-0.2, 0) is 0 Å². The van der Waals surface area contributed by atoms with E-state index >= 15 is 0 Å². The van der Waals surface area contributed by atoms with Crippen molar-refractivity contribution in [2.75, 3.05) is 6.79 Å². The monoisotopic (exact) mass is 359 g/mol. The van der Waals surface area contributed by atoms with Crippen molar-refractivity contribution < 1.29 is 18.7 Å². The van der Waals surface area contributed by atoms with Gasteiger partial charge in [0.15, 0.2) is 11.5 Å². The van der Waals surface area contributed by atoms with Crippen LogP contribution in [0.25, 0.3) is 6.08 Å². The van der Waals surface area contributed by atoms with Gasteiger partial charge in [-0.15, -0.1) is 0 Å². The molecule has 3 rings (SSSR count). The van der Waals surface area contributed by atoms with Gasteiger partial charge in [0.05, 0.1) is 16.3 Å². The lowest BCUT2D eigenvalue weighted by molar-refractivity contribution is 0.103. The summed E-state index contributed by atoms with van der Waals surface area (Å²) in [5.74, 6) is 1.30. The van der Waals surface area contributed by atoms with Gasteiger partial charge >= 0.3 is 0 Å². The Kier molecular flexibility index (Phi) is 3.73. The molecule has 0 unspecified atom stereocenters. The molecule has 0 bridgehead atoms. The molecule has 1 aliphatic heterocycles. The average molecular weight is 360 g/mol. The average Bonchev–Trinajstić information content (AvgIpc) is 3.13. The van der Waals surface area contributed by atoms with E-state index in [1.165, 1.54) is 12.3 Å². The zero-order valence-corrected chi connectivity index (χ0v) is 13.1. The van der Waals surface area contributed by atoms with Crippen LogP contribution in [0.2, 0.25) is 0 Å². The quantitative estimate of drug-likeness (QED) is 0.472. The Hall–Kier alpha value is -2.52. The van der Waals surface area contributed by atoms with Crippen LogP contribution >= 0.6 is 15.9 Å². The number of Topliss-reactive ketones (excluding diaryl/α,β-unsaturated/α-hetero) is 1. The molecule has 0 aliphatic carbocycles. The number of halogens is 1. The molecule has 0 spiro atoms. The van der Waals surface area contributed by atoms with Crippen molar-refractivity contribution in [3.05, 3.63) is 51.4 Å². The summed E-state index contributed by atoms with van der Waals surface area (Å²) in [6.45, 7) is 1.83. The van der Waals surface area contributed by atoms with Crippen LogP contribution < -0.4 is 9.47 Å². The van der Waals surface area contributed by atoms with Crippen LogP contribution in [0.1, 0.15) is 21.7 Å². The molecule has 2 aromatic rings. The zero-order valence-electron chi connectivity index (χ0n) is 11.6. The number of carbonyl (C=O) groups is 1. The van der Waals surface area contributed by atoms with Crippen molar-refractivity contribution in [2.45, 2.75) is 6.92 Å². The predicted octanol–water partition coefficient (Wildman–Crippen LogP) is 3.87. The number of fused-ring (bicyclic) bond motifs is 1. The second-order valence-electron chi connectivity index (χ2n) is 4.63. The van der Waals surface area contributed by atoms with Gasteiger partial charge in [-0.3, -0.25) is 4.79 Å². The number of allylic oxidation sites excluding steroid dienone is 1. The Morgan fingerprint density at radius 2 is 2.23 bits per heavy atom. The minimum absolute atomic E-state index is 0.0234. The third kappa shape index (κ3) is 2.51. The fraction of sp³-hybridized carbons (Fsp3) is 0.125. The molecule has 0 fully saturated rings. The van der Waals surface area contributed by atoms with Gasteiger partial charge in [-0.2, -0.15) is 5.26 Å². The van der Waals surface area contributed by atoms with Crippen LogP contribution in [0.3, 0.4) is 0 Å². The van der Waals surface area contributed by atoms with Crippen LogP contribution in [0.15, 0.2) is 38.9 Å². The van der Waals surface area contributed by atoms with E-state index in [-0.39, 0.29) is 18.1 Å². The third-order valence-electron chi connectivity index (χ3n) is 3.23. The molecular formula is C16H10BrNO4. The Balaban J connectivity index is 2.00. The number of hydrogen-bond acceptors (Lipinski definition) is 5. The summed E-state index contributed by atoms with van der Waals surface area (Å²) in [6, 6.07) is 6.98. The molecule has 0 saturated carbocycles. The minimum Gasteiger partial charge on any atom is -0.469 e. The van der Waals surface area contributed by atoms with Crippen molar-refractivity contribution >= 4 is 27.8 Å². The summed E-state index contributed by atoms with van der Waals surface area (Å²) in [6.07, 6.45) is 2.94. The summed E-state index contributed by atoms with van der Waals surface area (Å²) in [4.78, 5) is 12.4. The first-order valence-corrected chi connectivity index (χ1v) is 7.19. The van der Waals surface area contributed by atoms with Crippen molar-refractivity contribution in [3.63, 3.8) is 0 Å². The van der Waals surface area contributed by atoms with E-state index in [9.17, 15) is 10.1 Å². The maximum atomic E-state index is 12.4. The summed E-state index contributed by atoms with van der Waals surface area (Å²) < 4.78 is 16.4. The highest BCUT2D eigenvalue weighted by molar-refractivity contribution is 9.10. The van der Waals surface area contributed by atoms with Crippen LogP contribution in [0.5, 0.6) is 11.5 Å². The van der Waals surface area contributed by atoms with Gasteiger partial charge in [0.1, 0.15) is 17.4 Å². The summed E-state index contributed by atoms with van der Waals surface area (Å²) in [5.41, 5.74) is 1.07. The third-order valence-corrected chi connectivity index (χ3v) is 3.82. The maximum absolute atomic E-state index is 12.4. The lowest BCUT2D eigenvalue weighted by Crippen LogP contribution is -2.02. The summed E-state index contributed by atoms with van der Waals surface area (Å²) in [5, 5.41) is 9.27. The highest BCUT2D eigenvalue weighted by Crippen LogP contribution is 2.40. The van der Waals surface area contributed by atoms with Gasteiger partial charge in [-0.25, -0.2) is 0 Å². The lowest BCUT2D eigenvalue weighted by Gasteiger charge is -2.02. The summed E-state index contributed by atoms with van der Waals surface area (Å²) >= 11 is 3.38. The second kappa shape index (κ2) is 5.70. The molecule has 0 atom stereocenters. The van der Waals surface area contributed by atoms with E-state index in [2.05, 4.69) is 15.9 Å². The number of ketones is 1. The van der Waals surface area contributed by atoms with Crippen LogP contribution in [0, 0.1) is 18.3 Å². The fourth-order valence-corrected chi connectivity index (χ4v) is 2.73. The topological polar surface area (TPSA) is 72.5 Å². The highest BCUT2D eigenvalue weighted by Gasteiger charge is 2.20. The van der Waals surface area contributed by atoms with Crippen molar-refractivity contribution in [3.8, 4) is 17.6 Å². The number of furan rings is 1. The van der Waals surface area contributed by atoms with Gasteiger partial charge in [0.2, 0.25) is 12.6 Å². The molecule has 0 amide bonds. The van der Waals surface area contributed by atoms with E-state index in [1.54, 1.807) is 25.1 Å². The number of benzene rings is 1. The molecule has 0 N–H and O–H groups in total. The van der Waals surface area contributed by atoms with Crippen LogP contribution in [-0.4, -0.2) is 12.6 Å². The number of nitrogens with zero attached hydrogens (tertiary/aromatic N) is 1. The van der Waals surface area contributed by atoms with Gasteiger partial charge in [0.25, 0.3) is 0 Å².